The second kappa shape index (κ2) is 11.4. The third-order valence-electron chi connectivity index (χ3n) is 9.97. The van der Waals surface area contributed by atoms with Crippen molar-refractivity contribution >= 4 is 11.8 Å². The van der Waals surface area contributed by atoms with Crippen molar-refractivity contribution in [2.75, 3.05) is 26.2 Å². The second-order valence-electron chi connectivity index (χ2n) is 12.7. The maximum Gasteiger partial charge on any atom is 0.403 e. The average molecular weight is 610 g/mol. The molecule has 0 unspecified atom stereocenters. The molecular weight excluding hydrogens is 571 g/mol. The van der Waals surface area contributed by atoms with Crippen LogP contribution in [0.25, 0.3) is 11.4 Å². The van der Waals surface area contributed by atoms with Crippen molar-refractivity contribution in [3.8, 4) is 11.4 Å². The highest BCUT2D eigenvalue weighted by Gasteiger charge is 2.70. The molecule has 3 aromatic rings. The van der Waals surface area contributed by atoms with Gasteiger partial charge in [-0.2, -0.15) is 13.2 Å². The summed E-state index contributed by atoms with van der Waals surface area (Å²) in [7, 11) is 0. The number of piperidine rings is 1. The molecule has 0 spiro atoms. The molecule has 1 aromatic carbocycles. The fourth-order valence-electron chi connectivity index (χ4n) is 7.39. The van der Waals surface area contributed by atoms with E-state index >= 15 is 0 Å². The largest absolute Gasteiger partial charge is 0.403 e. The van der Waals surface area contributed by atoms with Gasteiger partial charge in [-0.05, 0) is 70.0 Å². The van der Waals surface area contributed by atoms with Crippen LogP contribution in [0, 0.1) is 5.41 Å². The molecule has 4 aliphatic rings. The molecule has 44 heavy (non-hydrogen) atoms. The molecule has 3 atom stereocenters. The van der Waals surface area contributed by atoms with E-state index < -0.39 is 23.5 Å². The normalized spacial score (nSPS) is 24.5. The van der Waals surface area contributed by atoms with Crippen LogP contribution in [0.15, 0.2) is 42.7 Å². The van der Waals surface area contributed by atoms with Crippen LogP contribution in [-0.2, 0) is 9.59 Å². The van der Waals surface area contributed by atoms with E-state index in [1.807, 2.05) is 35.2 Å². The van der Waals surface area contributed by atoms with Crippen LogP contribution >= 0.6 is 0 Å². The summed E-state index contributed by atoms with van der Waals surface area (Å²) < 4.78 is 41.0. The number of alkyl halides is 3. The number of benzene rings is 1. The van der Waals surface area contributed by atoms with Gasteiger partial charge in [-0.3, -0.25) is 14.5 Å². The summed E-state index contributed by atoms with van der Waals surface area (Å²) in [5.74, 6) is 0.440. The van der Waals surface area contributed by atoms with Gasteiger partial charge in [0.15, 0.2) is 0 Å². The lowest BCUT2D eigenvalue weighted by molar-refractivity contribution is -0.199. The molecule has 4 fully saturated rings. The van der Waals surface area contributed by atoms with Gasteiger partial charge in [-0.15, -0.1) is 0 Å². The van der Waals surface area contributed by atoms with Gasteiger partial charge in [0.2, 0.25) is 11.8 Å². The fourth-order valence-corrected chi connectivity index (χ4v) is 7.39. The maximum atomic E-state index is 14.2. The van der Waals surface area contributed by atoms with Crippen LogP contribution in [0.3, 0.4) is 0 Å². The molecule has 1 aliphatic carbocycles. The van der Waals surface area contributed by atoms with E-state index in [2.05, 4.69) is 24.8 Å². The number of carbonyl (C=O) groups excluding carboxylic acids is 2. The van der Waals surface area contributed by atoms with E-state index in [9.17, 15) is 22.8 Å². The smallest absolute Gasteiger partial charge is 0.339 e. The van der Waals surface area contributed by atoms with E-state index in [1.165, 1.54) is 11.3 Å². The lowest BCUT2D eigenvalue weighted by Crippen LogP contribution is -2.44. The molecule has 2 amide bonds. The summed E-state index contributed by atoms with van der Waals surface area (Å²) in [6.45, 7) is 2.75. The van der Waals surface area contributed by atoms with Crippen molar-refractivity contribution in [2.24, 2.45) is 5.41 Å². The fraction of sp³-hybridized carbons (Fsp3) is 0.562. The Hall–Kier alpha value is -3.67. The number of nitrogens with one attached hydrogen (secondary N) is 2. The number of likely N-dealkylation sites (tertiary alicyclic amines) is 3. The molecule has 9 nitrogen and oxygen atoms in total. The van der Waals surface area contributed by atoms with Gasteiger partial charge in [0.05, 0.1) is 35.9 Å². The SMILES string of the molecule is O=C([C@@H](c1ccccc1)N1CCCCC1)N1CCC[C@H]1c1ncc(-c2cnc([C@@H]3CCCN3C(=O)C3(C(F)(F)F)CC3)[nH]2)[nH]1. The number of H-pyrrole nitrogens is 2. The summed E-state index contributed by atoms with van der Waals surface area (Å²) in [6.07, 6.45) is 4.72. The van der Waals surface area contributed by atoms with Gasteiger partial charge in [-0.25, -0.2) is 9.97 Å². The molecule has 0 radical (unpaired) electrons. The lowest BCUT2D eigenvalue weighted by atomic mass is 10.00. The van der Waals surface area contributed by atoms with Crippen molar-refractivity contribution < 1.29 is 22.8 Å². The zero-order valence-electron chi connectivity index (χ0n) is 24.7. The van der Waals surface area contributed by atoms with Gasteiger partial charge in [0.25, 0.3) is 0 Å². The minimum Gasteiger partial charge on any atom is -0.339 e. The molecule has 7 rings (SSSR count). The predicted molar refractivity (Wildman–Crippen MR) is 156 cm³/mol. The van der Waals surface area contributed by atoms with Crippen molar-refractivity contribution in [3.63, 3.8) is 0 Å². The highest BCUT2D eigenvalue weighted by molar-refractivity contribution is 5.87. The van der Waals surface area contributed by atoms with E-state index in [1.54, 1.807) is 12.4 Å². The molecule has 2 N–H and O–H groups in total. The highest BCUT2D eigenvalue weighted by atomic mass is 19.4. The zero-order valence-corrected chi connectivity index (χ0v) is 24.7. The van der Waals surface area contributed by atoms with Crippen molar-refractivity contribution in [1.82, 2.24) is 34.6 Å². The monoisotopic (exact) mass is 609 g/mol. The Labute approximate surface area is 254 Å². The Morgan fingerprint density at radius 1 is 0.795 bits per heavy atom. The number of imidazole rings is 2. The predicted octanol–water partition coefficient (Wildman–Crippen LogP) is 5.70. The minimum atomic E-state index is -4.54. The average Bonchev–Trinajstić information content (AvgIpc) is 3.52. The topological polar surface area (TPSA) is 101 Å². The lowest BCUT2D eigenvalue weighted by Gasteiger charge is -2.37. The van der Waals surface area contributed by atoms with Crippen molar-refractivity contribution in [3.05, 3.63) is 59.9 Å². The molecule has 1 saturated carbocycles. The summed E-state index contributed by atoms with van der Waals surface area (Å²) >= 11 is 0. The molecular formula is C32H38F3N7O2. The highest BCUT2D eigenvalue weighted by Crippen LogP contribution is 2.59. The quantitative estimate of drug-likeness (QED) is 0.358. The van der Waals surface area contributed by atoms with E-state index in [4.69, 9.17) is 0 Å². The van der Waals surface area contributed by atoms with Crippen LogP contribution in [0.5, 0.6) is 0 Å². The summed E-state index contributed by atoms with van der Waals surface area (Å²) in [5, 5.41) is 0. The molecule has 5 heterocycles. The van der Waals surface area contributed by atoms with Crippen molar-refractivity contribution in [1.29, 1.82) is 0 Å². The maximum absolute atomic E-state index is 14.2. The number of hydrogen-bond acceptors (Lipinski definition) is 5. The number of rotatable bonds is 7. The minimum absolute atomic E-state index is 0.0978. The Morgan fingerprint density at radius 3 is 1.93 bits per heavy atom. The standard InChI is InChI=1S/C32H38F3N7O2/c33-32(34,35)31(13-14-31)30(44)42-18-8-12-25(42)28-37-20-23(39-28)22-19-36-27(38-22)24-11-7-17-41(24)29(43)26(21-9-3-1-4-10-21)40-15-5-2-6-16-40/h1,3-4,9-10,19-20,24-26H,2,5-8,11-18H2,(H,36,38)(H,37,39)/t24-,25-,26+/m0/s1. The van der Waals surface area contributed by atoms with E-state index in [-0.39, 0.29) is 30.8 Å². The molecule has 2 aromatic heterocycles. The van der Waals surface area contributed by atoms with Crippen LogP contribution in [-0.4, -0.2) is 78.8 Å². The van der Waals surface area contributed by atoms with Gasteiger partial charge in [0, 0.05) is 13.1 Å². The van der Waals surface area contributed by atoms with Gasteiger partial charge in [0.1, 0.15) is 23.1 Å². The first-order valence-corrected chi connectivity index (χ1v) is 15.8. The Balaban J connectivity index is 1.09. The van der Waals surface area contributed by atoms with Crippen LogP contribution in [0.4, 0.5) is 13.2 Å². The number of halogens is 3. The summed E-state index contributed by atoms with van der Waals surface area (Å²) in [6, 6.07) is 8.98. The molecule has 234 valence electrons. The molecule has 12 heteroatoms. The second-order valence-corrected chi connectivity index (χ2v) is 12.7. The van der Waals surface area contributed by atoms with Gasteiger partial charge in [-0.1, -0.05) is 36.8 Å². The Kier molecular flexibility index (Phi) is 7.50. The van der Waals surface area contributed by atoms with Gasteiger partial charge >= 0.3 is 6.18 Å². The van der Waals surface area contributed by atoms with E-state index in [0.29, 0.717) is 49.0 Å². The number of amides is 2. The first-order chi connectivity index (χ1) is 21.3. The Bertz CT molecular complexity index is 1490. The first kappa shape index (κ1) is 29.1. The van der Waals surface area contributed by atoms with E-state index in [0.717, 1.165) is 44.3 Å². The number of aromatic amines is 2. The van der Waals surface area contributed by atoms with Crippen LogP contribution in [0.1, 0.15) is 93.1 Å². The molecule has 0 bridgehead atoms. The van der Waals surface area contributed by atoms with Gasteiger partial charge < -0.3 is 19.8 Å². The van der Waals surface area contributed by atoms with Crippen molar-refractivity contribution in [2.45, 2.75) is 82.1 Å². The van der Waals surface area contributed by atoms with Crippen LogP contribution in [0.2, 0.25) is 0 Å². The number of nitrogens with zero attached hydrogens (tertiary/aromatic N) is 5. The number of carbonyl (C=O) groups is 2. The molecule has 3 saturated heterocycles. The number of hydrogen-bond donors (Lipinski definition) is 2. The third kappa shape index (κ3) is 5.10. The Morgan fingerprint density at radius 2 is 1.36 bits per heavy atom. The summed E-state index contributed by atoms with van der Waals surface area (Å²) in [5.41, 5.74) is 0.0961. The summed E-state index contributed by atoms with van der Waals surface area (Å²) in [4.78, 5) is 48.6. The first-order valence-electron chi connectivity index (χ1n) is 15.8. The third-order valence-corrected chi connectivity index (χ3v) is 9.97. The number of aromatic nitrogens is 4. The van der Waals surface area contributed by atoms with Crippen LogP contribution < -0.4 is 0 Å². The zero-order chi connectivity index (χ0) is 30.5. The molecule has 3 aliphatic heterocycles.